The topological polar surface area (TPSA) is 70.1 Å². The molecule has 0 amide bonds. The van der Waals surface area contributed by atoms with Crippen molar-refractivity contribution in [2.75, 3.05) is 23.7 Å². The third-order valence-corrected chi connectivity index (χ3v) is 4.43. The van der Waals surface area contributed by atoms with E-state index in [1.807, 2.05) is 6.07 Å². The molecule has 3 rings (SSSR count). The van der Waals surface area contributed by atoms with Gasteiger partial charge in [0.05, 0.1) is 6.10 Å². The Hall–Kier alpha value is -1.36. The van der Waals surface area contributed by atoms with Gasteiger partial charge in [0, 0.05) is 25.1 Å². The summed E-state index contributed by atoms with van der Waals surface area (Å²) in [5, 5.41) is 16.3. The predicted octanol–water partition coefficient (Wildman–Crippen LogP) is 2.75. The first-order valence-electron chi connectivity index (χ1n) is 8.29. The lowest BCUT2D eigenvalue weighted by atomic mass is 9.87. The Balaban J connectivity index is 1.61. The summed E-state index contributed by atoms with van der Waals surface area (Å²) in [6.45, 7) is 3.90. The fraction of sp³-hybridized carbons (Fsp3) is 0.750. The Morgan fingerprint density at radius 2 is 1.71 bits per heavy atom. The highest BCUT2D eigenvalue weighted by Gasteiger charge is 2.27. The molecule has 0 saturated heterocycles. The number of aliphatic hydroxyl groups is 1. The van der Waals surface area contributed by atoms with E-state index < -0.39 is 0 Å². The van der Waals surface area contributed by atoms with Crippen LogP contribution in [-0.4, -0.2) is 34.3 Å². The zero-order valence-corrected chi connectivity index (χ0v) is 12.8. The number of hydrogen-bond donors (Lipinski definition) is 3. The van der Waals surface area contributed by atoms with Crippen LogP contribution in [0, 0.1) is 5.92 Å². The summed E-state index contributed by atoms with van der Waals surface area (Å²) in [6.07, 6.45) is 6.44. The van der Waals surface area contributed by atoms with Crippen molar-refractivity contribution >= 4 is 11.6 Å². The third-order valence-electron chi connectivity index (χ3n) is 4.43. The van der Waals surface area contributed by atoms with Crippen LogP contribution in [-0.2, 0) is 0 Å². The zero-order chi connectivity index (χ0) is 14.7. The van der Waals surface area contributed by atoms with E-state index in [0.717, 1.165) is 56.2 Å². The maximum absolute atomic E-state index is 9.56. The van der Waals surface area contributed by atoms with Gasteiger partial charge < -0.3 is 15.7 Å². The molecule has 2 saturated carbocycles. The molecule has 1 heterocycles. The smallest absolute Gasteiger partial charge is 0.136 e. The molecule has 2 aliphatic carbocycles. The number of anilines is 2. The summed E-state index contributed by atoms with van der Waals surface area (Å²) >= 11 is 0. The molecule has 0 aliphatic heterocycles. The minimum Gasteiger partial charge on any atom is -0.393 e. The van der Waals surface area contributed by atoms with Gasteiger partial charge in [0.1, 0.15) is 17.5 Å². The SMILES string of the molecule is CCNc1cc(NCC2CCC(O)CC2)nc(C2CC2)n1. The molecule has 0 spiro atoms. The van der Waals surface area contributed by atoms with Crippen LogP contribution >= 0.6 is 0 Å². The Labute approximate surface area is 126 Å². The first-order chi connectivity index (χ1) is 10.2. The molecule has 0 bridgehead atoms. The van der Waals surface area contributed by atoms with Crippen molar-refractivity contribution < 1.29 is 5.11 Å². The van der Waals surface area contributed by atoms with Crippen molar-refractivity contribution in [1.82, 2.24) is 9.97 Å². The Bertz CT molecular complexity index is 467. The molecule has 0 unspecified atom stereocenters. The predicted molar refractivity (Wildman–Crippen MR) is 84.6 cm³/mol. The minimum atomic E-state index is -0.0814. The van der Waals surface area contributed by atoms with Crippen molar-refractivity contribution in [2.45, 2.75) is 57.5 Å². The standard InChI is InChI=1S/C16H26N4O/c1-2-17-14-9-15(20-16(19-14)12-5-6-12)18-10-11-3-7-13(21)8-4-11/h9,11-13,21H,2-8,10H2,1H3,(H2,17,18,19,20). The van der Waals surface area contributed by atoms with Crippen LogP contribution in [0.1, 0.15) is 57.2 Å². The van der Waals surface area contributed by atoms with E-state index in [1.54, 1.807) is 0 Å². The molecular formula is C16H26N4O. The second kappa shape index (κ2) is 6.60. The summed E-state index contributed by atoms with van der Waals surface area (Å²) in [6, 6.07) is 2.01. The van der Waals surface area contributed by atoms with Gasteiger partial charge in [-0.2, -0.15) is 0 Å². The first kappa shape index (κ1) is 14.6. The Kier molecular flexibility index (Phi) is 4.58. The van der Waals surface area contributed by atoms with E-state index >= 15 is 0 Å². The van der Waals surface area contributed by atoms with Crippen LogP contribution in [0.4, 0.5) is 11.6 Å². The summed E-state index contributed by atoms with van der Waals surface area (Å²) in [5.41, 5.74) is 0. The van der Waals surface area contributed by atoms with Crippen LogP contribution in [0.25, 0.3) is 0 Å². The van der Waals surface area contributed by atoms with Gasteiger partial charge in [-0.25, -0.2) is 9.97 Å². The number of rotatable bonds is 6. The van der Waals surface area contributed by atoms with E-state index in [0.29, 0.717) is 11.8 Å². The second-order valence-electron chi connectivity index (χ2n) is 6.36. The molecule has 1 aromatic rings. The molecule has 3 N–H and O–H groups in total. The van der Waals surface area contributed by atoms with Crippen LogP contribution in [0.3, 0.4) is 0 Å². The highest BCUT2D eigenvalue weighted by molar-refractivity contribution is 5.48. The molecular weight excluding hydrogens is 264 g/mol. The normalized spacial score (nSPS) is 25.6. The zero-order valence-electron chi connectivity index (χ0n) is 12.8. The van der Waals surface area contributed by atoms with E-state index in [2.05, 4.69) is 27.5 Å². The van der Waals surface area contributed by atoms with Gasteiger partial charge in [-0.1, -0.05) is 0 Å². The average molecular weight is 290 g/mol. The molecule has 2 fully saturated rings. The maximum Gasteiger partial charge on any atom is 0.136 e. The van der Waals surface area contributed by atoms with Crippen LogP contribution in [0.15, 0.2) is 6.07 Å². The quantitative estimate of drug-likeness (QED) is 0.751. The van der Waals surface area contributed by atoms with Gasteiger partial charge in [0.15, 0.2) is 0 Å². The second-order valence-corrected chi connectivity index (χ2v) is 6.36. The van der Waals surface area contributed by atoms with Crippen molar-refractivity contribution in [3.05, 3.63) is 11.9 Å². The van der Waals surface area contributed by atoms with Gasteiger partial charge in [0.25, 0.3) is 0 Å². The van der Waals surface area contributed by atoms with E-state index in [1.165, 1.54) is 12.8 Å². The summed E-state index contributed by atoms with van der Waals surface area (Å²) in [5.74, 6) is 4.06. The Morgan fingerprint density at radius 3 is 2.33 bits per heavy atom. The fourth-order valence-electron chi connectivity index (χ4n) is 2.95. The molecule has 0 aromatic carbocycles. The van der Waals surface area contributed by atoms with Gasteiger partial charge in [-0.05, 0) is 51.4 Å². The number of nitrogens with zero attached hydrogens (tertiary/aromatic N) is 2. The number of nitrogens with one attached hydrogen (secondary N) is 2. The summed E-state index contributed by atoms with van der Waals surface area (Å²) < 4.78 is 0. The molecule has 0 radical (unpaired) electrons. The molecule has 0 atom stereocenters. The highest BCUT2D eigenvalue weighted by Crippen LogP contribution is 2.38. The van der Waals surface area contributed by atoms with Crippen molar-refractivity contribution in [3.63, 3.8) is 0 Å². The van der Waals surface area contributed by atoms with Crippen molar-refractivity contribution in [3.8, 4) is 0 Å². The lowest BCUT2D eigenvalue weighted by Gasteiger charge is -2.25. The molecule has 1 aromatic heterocycles. The highest BCUT2D eigenvalue weighted by atomic mass is 16.3. The fourth-order valence-corrected chi connectivity index (χ4v) is 2.95. The number of aliphatic hydroxyl groups excluding tert-OH is 1. The summed E-state index contributed by atoms with van der Waals surface area (Å²) in [7, 11) is 0. The monoisotopic (exact) mass is 290 g/mol. The van der Waals surface area contributed by atoms with Gasteiger partial charge >= 0.3 is 0 Å². The third kappa shape index (κ3) is 4.06. The lowest BCUT2D eigenvalue weighted by molar-refractivity contribution is 0.111. The maximum atomic E-state index is 9.56. The van der Waals surface area contributed by atoms with Gasteiger partial charge in [-0.15, -0.1) is 0 Å². The van der Waals surface area contributed by atoms with Crippen molar-refractivity contribution in [1.29, 1.82) is 0 Å². The Morgan fingerprint density at radius 1 is 1.05 bits per heavy atom. The van der Waals surface area contributed by atoms with Gasteiger partial charge in [-0.3, -0.25) is 0 Å². The molecule has 5 nitrogen and oxygen atoms in total. The van der Waals surface area contributed by atoms with Crippen LogP contribution in [0.5, 0.6) is 0 Å². The number of aromatic nitrogens is 2. The molecule has 116 valence electrons. The molecule has 2 aliphatic rings. The molecule has 21 heavy (non-hydrogen) atoms. The number of hydrogen-bond acceptors (Lipinski definition) is 5. The largest absolute Gasteiger partial charge is 0.393 e. The van der Waals surface area contributed by atoms with Crippen LogP contribution in [0.2, 0.25) is 0 Å². The van der Waals surface area contributed by atoms with Crippen molar-refractivity contribution in [2.24, 2.45) is 5.92 Å². The lowest BCUT2D eigenvalue weighted by Crippen LogP contribution is -2.24. The average Bonchev–Trinajstić information content (AvgIpc) is 3.31. The van der Waals surface area contributed by atoms with Gasteiger partial charge in [0.2, 0.25) is 0 Å². The van der Waals surface area contributed by atoms with E-state index in [4.69, 9.17) is 0 Å². The van der Waals surface area contributed by atoms with E-state index in [9.17, 15) is 5.11 Å². The van der Waals surface area contributed by atoms with Crippen LogP contribution < -0.4 is 10.6 Å². The minimum absolute atomic E-state index is 0.0814. The first-order valence-corrected chi connectivity index (χ1v) is 8.29. The summed E-state index contributed by atoms with van der Waals surface area (Å²) in [4.78, 5) is 9.26. The molecule has 5 heteroatoms. The van der Waals surface area contributed by atoms with E-state index in [-0.39, 0.29) is 6.10 Å².